The first-order valence-electron chi connectivity index (χ1n) is 9.33. The number of ether oxygens (including phenoxy) is 1. The number of rotatable bonds is 7. The van der Waals surface area contributed by atoms with E-state index in [4.69, 9.17) is 4.42 Å². The minimum atomic E-state index is -3.72. The molecule has 0 radical (unpaired) electrons. The summed E-state index contributed by atoms with van der Waals surface area (Å²) in [5, 5.41) is 0. The Hall–Kier alpha value is -2.65. The number of amides is 1. The number of hydrogen-bond donors (Lipinski definition) is 0. The lowest BCUT2D eigenvalue weighted by molar-refractivity contribution is -0.141. The van der Waals surface area contributed by atoms with Crippen LogP contribution in [0.4, 0.5) is 0 Å². The summed E-state index contributed by atoms with van der Waals surface area (Å²) in [5.74, 6) is -1.13. The van der Waals surface area contributed by atoms with E-state index in [1.165, 1.54) is 29.3 Å². The molecule has 0 saturated carbocycles. The number of sulfonamides is 1. The Balaban J connectivity index is 1.88. The van der Waals surface area contributed by atoms with Crippen LogP contribution in [0, 0.1) is 6.92 Å². The highest BCUT2D eigenvalue weighted by Gasteiger charge is 2.33. The number of esters is 1. The molecule has 29 heavy (non-hydrogen) atoms. The highest BCUT2D eigenvalue weighted by Crippen LogP contribution is 2.27. The van der Waals surface area contributed by atoms with Crippen molar-refractivity contribution in [3.05, 3.63) is 53.5 Å². The summed E-state index contributed by atoms with van der Waals surface area (Å²) in [5.41, 5.74) is 0.818. The molecule has 2 aromatic rings. The molecule has 1 aromatic carbocycles. The number of nitrogens with zero attached hydrogens (tertiary/aromatic N) is 2. The highest BCUT2D eigenvalue weighted by molar-refractivity contribution is 7.89. The van der Waals surface area contributed by atoms with Crippen molar-refractivity contribution in [1.29, 1.82) is 0 Å². The van der Waals surface area contributed by atoms with E-state index in [0.29, 0.717) is 13.1 Å². The zero-order valence-electron chi connectivity index (χ0n) is 16.5. The van der Waals surface area contributed by atoms with Crippen LogP contribution in [0.5, 0.6) is 0 Å². The van der Waals surface area contributed by atoms with Gasteiger partial charge in [-0.25, -0.2) is 8.42 Å². The Morgan fingerprint density at radius 3 is 2.45 bits per heavy atom. The first-order valence-corrected chi connectivity index (χ1v) is 10.8. The first-order chi connectivity index (χ1) is 13.8. The number of benzene rings is 1. The number of carbonyl (C=O) groups is 2. The third-order valence-corrected chi connectivity index (χ3v) is 6.82. The van der Waals surface area contributed by atoms with Crippen molar-refractivity contribution in [2.75, 3.05) is 26.7 Å². The molecule has 1 fully saturated rings. The van der Waals surface area contributed by atoms with E-state index in [1.807, 2.05) is 30.3 Å². The molecular formula is C20H24N2O6S. The van der Waals surface area contributed by atoms with Gasteiger partial charge in [0.1, 0.15) is 17.2 Å². The van der Waals surface area contributed by atoms with Gasteiger partial charge >= 0.3 is 5.97 Å². The fraction of sp³-hybridized carbons (Fsp3) is 0.400. The summed E-state index contributed by atoms with van der Waals surface area (Å²) >= 11 is 0. The molecule has 1 aliphatic heterocycles. The zero-order valence-corrected chi connectivity index (χ0v) is 17.3. The minimum absolute atomic E-state index is 0.0134. The lowest BCUT2D eigenvalue weighted by atomic mass is 10.2. The molecule has 1 saturated heterocycles. The SMILES string of the molecule is COC(=O)CN(Cc1ccccc1)C(=O)c1cc(S(=O)(=O)N2CCCC2)c(C)o1. The van der Waals surface area contributed by atoms with E-state index in [0.717, 1.165) is 18.4 Å². The standard InChI is InChI=1S/C20H24N2O6S/c1-15-18(29(25,26)22-10-6-7-11-22)12-17(28-15)20(24)21(14-19(23)27-2)13-16-8-4-3-5-9-16/h3-5,8-9,12H,6-7,10-11,13-14H2,1-2H3. The third-order valence-electron chi connectivity index (χ3n) is 4.82. The van der Waals surface area contributed by atoms with Gasteiger partial charge in [0.05, 0.1) is 7.11 Å². The summed E-state index contributed by atoms with van der Waals surface area (Å²) in [4.78, 5) is 26.1. The lowest BCUT2D eigenvalue weighted by Crippen LogP contribution is -2.35. The molecule has 1 aliphatic rings. The highest BCUT2D eigenvalue weighted by atomic mass is 32.2. The van der Waals surface area contributed by atoms with Gasteiger partial charge in [0.25, 0.3) is 5.91 Å². The molecule has 1 aromatic heterocycles. The van der Waals surface area contributed by atoms with Crippen molar-refractivity contribution in [2.45, 2.75) is 31.2 Å². The summed E-state index contributed by atoms with van der Waals surface area (Å²) < 4.78 is 37.3. The lowest BCUT2D eigenvalue weighted by Gasteiger charge is -2.20. The second-order valence-corrected chi connectivity index (χ2v) is 8.77. The molecule has 2 heterocycles. The second kappa shape index (κ2) is 8.79. The molecule has 3 rings (SSSR count). The van der Waals surface area contributed by atoms with Gasteiger partial charge in [-0.15, -0.1) is 0 Å². The van der Waals surface area contributed by atoms with Crippen LogP contribution in [0.15, 0.2) is 45.7 Å². The van der Waals surface area contributed by atoms with Crippen molar-refractivity contribution in [2.24, 2.45) is 0 Å². The van der Waals surface area contributed by atoms with Crippen LogP contribution in [0.3, 0.4) is 0 Å². The maximum absolute atomic E-state index is 13.0. The van der Waals surface area contributed by atoms with E-state index >= 15 is 0 Å². The molecule has 9 heteroatoms. The van der Waals surface area contributed by atoms with E-state index in [-0.39, 0.29) is 29.5 Å². The van der Waals surface area contributed by atoms with Gasteiger partial charge in [0.15, 0.2) is 5.76 Å². The van der Waals surface area contributed by atoms with E-state index in [2.05, 4.69) is 4.74 Å². The Bertz CT molecular complexity index is 978. The molecular weight excluding hydrogens is 396 g/mol. The number of hydrogen-bond acceptors (Lipinski definition) is 6. The van der Waals surface area contributed by atoms with Crippen molar-refractivity contribution < 1.29 is 27.2 Å². The smallest absolute Gasteiger partial charge is 0.325 e. The van der Waals surface area contributed by atoms with Crippen LogP contribution < -0.4 is 0 Å². The van der Waals surface area contributed by atoms with Gasteiger partial charge in [0.2, 0.25) is 10.0 Å². The molecule has 156 valence electrons. The largest absolute Gasteiger partial charge is 0.468 e. The maximum atomic E-state index is 13.0. The average molecular weight is 420 g/mol. The number of carbonyl (C=O) groups excluding carboxylic acids is 2. The van der Waals surface area contributed by atoms with Crippen LogP contribution in [0.1, 0.15) is 34.7 Å². The molecule has 0 bridgehead atoms. The Morgan fingerprint density at radius 2 is 1.83 bits per heavy atom. The number of furan rings is 1. The zero-order chi connectivity index (χ0) is 21.0. The summed E-state index contributed by atoms with van der Waals surface area (Å²) in [6, 6.07) is 10.4. The Kier molecular flexibility index (Phi) is 6.39. The molecule has 0 spiro atoms. The number of methoxy groups -OCH3 is 1. The van der Waals surface area contributed by atoms with Crippen molar-refractivity contribution in [3.63, 3.8) is 0 Å². The van der Waals surface area contributed by atoms with E-state index in [9.17, 15) is 18.0 Å². The van der Waals surface area contributed by atoms with Crippen LogP contribution in [0.2, 0.25) is 0 Å². The number of aryl methyl sites for hydroxylation is 1. The van der Waals surface area contributed by atoms with Crippen LogP contribution >= 0.6 is 0 Å². The molecule has 0 unspecified atom stereocenters. The normalized spacial score (nSPS) is 14.7. The van der Waals surface area contributed by atoms with Gasteiger partial charge in [0, 0.05) is 25.7 Å². The molecule has 8 nitrogen and oxygen atoms in total. The van der Waals surface area contributed by atoms with Crippen molar-refractivity contribution in [1.82, 2.24) is 9.21 Å². The van der Waals surface area contributed by atoms with Crippen LogP contribution in [-0.4, -0.2) is 56.2 Å². The second-order valence-electron chi connectivity index (χ2n) is 6.87. The van der Waals surface area contributed by atoms with Gasteiger partial charge in [-0.2, -0.15) is 4.31 Å². The monoisotopic (exact) mass is 420 g/mol. The van der Waals surface area contributed by atoms with Gasteiger partial charge in [-0.05, 0) is 25.3 Å². The topological polar surface area (TPSA) is 97.1 Å². The van der Waals surface area contributed by atoms with Crippen molar-refractivity contribution >= 4 is 21.9 Å². The van der Waals surface area contributed by atoms with Gasteiger partial charge in [-0.1, -0.05) is 30.3 Å². The average Bonchev–Trinajstić information content (AvgIpc) is 3.38. The maximum Gasteiger partial charge on any atom is 0.325 e. The Labute approximate surface area is 170 Å². The van der Waals surface area contributed by atoms with Crippen LogP contribution in [0.25, 0.3) is 0 Å². The first kappa shape index (κ1) is 21.1. The Morgan fingerprint density at radius 1 is 1.17 bits per heavy atom. The molecule has 0 atom stereocenters. The van der Waals surface area contributed by atoms with Crippen molar-refractivity contribution in [3.8, 4) is 0 Å². The summed E-state index contributed by atoms with van der Waals surface area (Å²) in [6.45, 7) is 2.31. The molecule has 0 aliphatic carbocycles. The van der Waals surface area contributed by atoms with Gasteiger partial charge < -0.3 is 14.1 Å². The fourth-order valence-electron chi connectivity index (χ4n) is 3.27. The minimum Gasteiger partial charge on any atom is -0.468 e. The summed E-state index contributed by atoms with van der Waals surface area (Å²) in [6.07, 6.45) is 1.62. The molecule has 0 N–H and O–H groups in total. The predicted octanol–water partition coefficient (Wildman–Crippen LogP) is 2.19. The van der Waals surface area contributed by atoms with Crippen LogP contribution in [-0.2, 0) is 26.1 Å². The summed E-state index contributed by atoms with van der Waals surface area (Å²) in [7, 11) is -2.48. The predicted molar refractivity (Wildman–Crippen MR) is 105 cm³/mol. The van der Waals surface area contributed by atoms with Gasteiger partial charge in [-0.3, -0.25) is 9.59 Å². The van der Waals surface area contributed by atoms with E-state index < -0.39 is 21.9 Å². The fourth-order valence-corrected chi connectivity index (χ4v) is 4.95. The van der Waals surface area contributed by atoms with E-state index in [1.54, 1.807) is 0 Å². The quantitative estimate of drug-likeness (QED) is 0.637. The third kappa shape index (κ3) is 4.68. The molecule has 1 amide bonds.